The molecule has 24 heavy (non-hydrogen) atoms. The normalized spacial score (nSPS) is 11.8. The van der Waals surface area contributed by atoms with Crippen molar-refractivity contribution in [1.29, 1.82) is 0 Å². The van der Waals surface area contributed by atoms with E-state index in [4.69, 9.17) is 14.0 Å². The van der Waals surface area contributed by atoms with Crippen LogP contribution in [-0.4, -0.2) is 24.4 Å². The van der Waals surface area contributed by atoms with Gasteiger partial charge in [0.05, 0.1) is 20.3 Å². The summed E-state index contributed by atoms with van der Waals surface area (Å²) in [5.74, 6) is 2.39. The van der Waals surface area contributed by atoms with Crippen LogP contribution in [0.25, 0.3) is 11.5 Å². The van der Waals surface area contributed by atoms with E-state index in [-0.39, 0.29) is 6.04 Å². The molecule has 0 radical (unpaired) electrons. The molecule has 1 unspecified atom stereocenters. The van der Waals surface area contributed by atoms with Gasteiger partial charge in [-0.1, -0.05) is 18.2 Å². The lowest BCUT2D eigenvalue weighted by molar-refractivity contribution is 0.389. The number of nitrogens with zero attached hydrogens (tertiary/aromatic N) is 2. The lowest BCUT2D eigenvalue weighted by atomic mass is 10.1. The van der Waals surface area contributed by atoms with Gasteiger partial charge in [-0.3, -0.25) is 0 Å². The third kappa shape index (κ3) is 3.32. The maximum Gasteiger partial charge on any atom is 0.264 e. The first-order chi connectivity index (χ1) is 11.7. The van der Waals surface area contributed by atoms with Gasteiger partial charge in [-0.25, -0.2) is 0 Å². The zero-order valence-electron chi connectivity index (χ0n) is 13.8. The highest BCUT2D eigenvalue weighted by molar-refractivity contribution is 5.54. The molecule has 0 saturated carbocycles. The molecule has 1 aromatic heterocycles. The van der Waals surface area contributed by atoms with E-state index < -0.39 is 0 Å². The molecule has 124 valence electrons. The first-order valence-corrected chi connectivity index (χ1v) is 7.59. The van der Waals surface area contributed by atoms with Gasteiger partial charge in [-0.05, 0) is 36.3 Å². The summed E-state index contributed by atoms with van der Waals surface area (Å²) >= 11 is 0. The molecular formula is C18H19N3O3. The van der Waals surface area contributed by atoms with Crippen LogP contribution in [0.4, 0.5) is 5.95 Å². The van der Waals surface area contributed by atoms with Gasteiger partial charge in [0.15, 0.2) is 0 Å². The van der Waals surface area contributed by atoms with Crippen molar-refractivity contribution in [2.75, 3.05) is 19.5 Å². The summed E-state index contributed by atoms with van der Waals surface area (Å²) in [4.78, 5) is 4.38. The van der Waals surface area contributed by atoms with Crippen molar-refractivity contribution in [2.45, 2.75) is 13.0 Å². The summed E-state index contributed by atoms with van der Waals surface area (Å²) in [6.07, 6.45) is 0. The average Bonchev–Trinajstić information content (AvgIpc) is 3.10. The van der Waals surface area contributed by atoms with Gasteiger partial charge < -0.3 is 19.3 Å². The molecule has 6 nitrogen and oxygen atoms in total. The second-order valence-electron chi connectivity index (χ2n) is 5.26. The maximum absolute atomic E-state index is 5.44. The van der Waals surface area contributed by atoms with Crippen molar-refractivity contribution >= 4 is 5.95 Å². The molecule has 6 heteroatoms. The van der Waals surface area contributed by atoms with Gasteiger partial charge in [0.2, 0.25) is 0 Å². The molecule has 2 aromatic carbocycles. The maximum atomic E-state index is 5.44. The summed E-state index contributed by atoms with van der Waals surface area (Å²) in [6.45, 7) is 2.00. The number of hydrogen-bond acceptors (Lipinski definition) is 6. The van der Waals surface area contributed by atoms with Crippen LogP contribution in [0.1, 0.15) is 18.5 Å². The van der Waals surface area contributed by atoms with Crippen LogP contribution in [0.2, 0.25) is 0 Å². The molecule has 0 aliphatic rings. The SMILES string of the molecule is COc1ccc(C(C)Nc2noc(-c3ccccc3)n2)c(OC)c1. The molecule has 1 atom stereocenters. The zero-order chi connectivity index (χ0) is 16.9. The Hall–Kier alpha value is -3.02. The number of ether oxygens (including phenoxy) is 2. The molecular weight excluding hydrogens is 306 g/mol. The van der Waals surface area contributed by atoms with E-state index >= 15 is 0 Å². The topological polar surface area (TPSA) is 69.4 Å². The smallest absolute Gasteiger partial charge is 0.264 e. The number of rotatable bonds is 6. The van der Waals surface area contributed by atoms with Crippen LogP contribution in [-0.2, 0) is 0 Å². The van der Waals surface area contributed by atoms with Crippen LogP contribution in [0.3, 0.4) is 0 Å². The molecule has 0 aliphatic heterocycles. The Morgan fingerprint density at radius 3 is 2.54 bits per heavy atom. The number of methoxy groups -OCH3 is 2. The highest BCUT2D eigenvalue weighted by Crippen LogP contribution is 2.31. The van der Waals surface area contributed by atoms with Gasteiger partial charge in [-0.2, -0.15) is 4.98 Å². The number of nitrogens with one attached hydrogen (secondary N) is 1. The average molecular weight is 325 g/mol. The number of hydrogen-bond donors (Lipinski definition) is 1. The third-order valence-electron chi connectivity index (χ3n) is 3.70. The standard InChI is InChI=1S/C18H19N3O3/c1-12(15-10-9-14(22-2)11-16(15)23-3)19-18-20-17(24-21-18)13-7-5-4-6-8-13/h4-12H,1-3H3,(H,19,21). The van der Waals surface area contributed by atoms with Crippen molar-refractivity contribution < 1.29 is 14.0 Å². The summed E-state index contributed by atoms with van der Waals surface area (Å²) in [6, 6.07) is 15.3. The fraction of sp³-hybridized carbons (Fsp3) is 0.222. The lowest BCUT2D eigenvalue weighted by Gasteiger charge is -2.16. The second kappa shape index (κ2) is 7.04. The fourth-order valence-corrected chi connectivity index (χ4v) is 2.43. The van der Waals surface area contributed by atoms with Crippen LogP contribution >= 0.6 is 0 Å². The van der Waals surface area contributed by atoms with E-state index in [1.807, 2.05) is 55.5 Å². The highest BCUT2D eigenvalue weighted by Gasteiger charge is 2.15. The Balaban J connectivity index is 1.78. The molecule has 3 rings (SSSR count). The van der Waals surface area contributed by atoms with Crippen molar-refractivity contribution in [3.05, 3.63) is 54.1 Å². The molecule has 0 fully saturated rings. The second-order valence-corrected chi connectivity index (χ2v) is 5.26. The molecule has 0 saturated heterocycles. The van der Waals surface area contributed by atoms with E-state index in [0.29, 0.717) is 11.8 Å². The quantitative estimate of drug-likeness (QED) is 0.740. The fourth-order valence-electron chi connectivity index (χ4n) is 2.43. The minimum Gasteiger partial charge on any atom is -0.497 e. The zero-order valence-corrected chi connectivity index (χ0v) is 13.8. The number of anilines is 1. The predicted octanol–water partition coefficient (Wildman–Crippen LogP) is 3.93. The minimum atomic E-state index is -0.0629. The van der Waals surface area contributed by atoms with Crippen LogP contribution < -0.4 is 14.8 Å². The van der Waals surface area contributed by atoms with Gasteiger partial charge in [-0.15, -0.1) is 0 Å². The van der Waals surface area contributed by atoms with Gasteiger partial charge in [0.25, 0.3) is 11.8 Å². The number of aromatic nitrogens is 2. The minimum absolute atomic E-state index is 0.0629. The van der Waals surface area contributed by atoms with Gasteiger partial charge in [0, 0.05) is 17.2 Å². The Bertz CT molecular complexity index is 802. The van der Waals surface area contributed by atoms with Crippen LogP contribution in [0.5, 0.6) is 11.5 Å². The van der Waals surface area contributed by atoms with Crippen molar-refractivity contribution in [1.82, 2.24) is 10.1 Å². The Morgan fingerprint density at radius 2 is 1.83 bits per heavy atom. The van der Waals surface area contributed by atoms with E-state index in [0.717, 1.165) is 22.6 Å². The Labute approximate surface area is 140 Å². The lowest BCUT2D eigenvalue weighted by Crippen LogP contribution is -2.09. The van der Waals surface area contributed by atoms with E-state index in [1.165, 1.54) is 0 Å². The summed E-state index contributed by atoms with van der Waals surface area (Å²) in [5, 5.41) is 7.21. The monoisotopic (exact) mass is 325 g/mol. The highest BCUT2D eigenvalue weighted by atomic mass is 16.5. The summed E-state index contributed by atoms with van der Waals surface area (Å²) < 4.78 is 16.0. The summed E-state index contributed by atoms with van der Waals surface area (Å²) in [5.41, 5.74) is 1.86. The van der Waals surface area contributed by atoms with Crippen molar-refractivity contribution in [2.24, 2.45) is 0 Å². The molecule has 0 amide bonds. The van der Waals surface area contributed by atoms with E-state index in [9.17, 15) is 0 Å². The summed E-state index contributed by atoms with van der Waals surface area (Å²) in [7, 11) is 3.26. The molecule has 0 aliphatic carbocycles. The molecule has 0 spiro atoms. The predicted molar refractivity (Wildman–Crippen MR) is 91.3 cm³/mol. The first-order valence-electron chi connectivity index (χ1n) is 7.59. The number of benzene rings is 2. The largest absolute Gasteiger partial charge is 0.497 e. The molecule has 0 bridgehead atoms. The Kier molecular flexibility index (Phi) is 4.65. The van der Waals surface area contributed by atoms with Crippen molar-refractivity contribution in [3.63, 3.8) is 0 Å². The van der Waals surface area contributed by atoms with Crippen LogP contribution in [0, 0.1) is 0 Å². The van der Waals surface area contributed by atoms with Gasteiger partial charge >= 0.3 is 0 Å². The first kappa shape index (κ1) is 15.9. The van der Waals surface area contributed by atoms with Crippen LogP contribution in [0.15, 0.2) is 53.1 Å². The molecule has 1 N–H and O–H groups in total. The van der Waals surface area contributed by atoms with E-state index in [2.05, 4.69) is 15.5 Å². The Morgan fingerprint density at radius 1 is 1.04 bits per heavy atom. The molecule has 1 heterocycles. The van der Waals surface area contributed by atoms with Crippen molar-refractivity contribution in [3.8, 4) is 23.0 Å². The van der Waals surface area contributed by atoms with E-state index in [1.54, 1.807) is 14.2 Å². The molecule has 3 aromatic rings. The van der Waals surface area contributed by atoms with Gasteiger partial charge in [0.1, 0.15) is 11.5 Å². The third-order valence-corrected chi connectivity index (χ3v) is 3.70.